The number of β-amino-alcohol motifs (C(OH)–C–C–N with tert-alkyl or cyclic N) is 1. The summed E-state index contributed by atoms with van der Waals surface area (Å²) in [6.07, 6.45) is -0.757. The lowest BCUT2D eigenvalue weighted by Crippen LogP contribution is -2.58. The minimum absolute atomic E-state index is 0.00928. The number of amides is 4. The van der Waals surface area contributed by atoms with Crippen molar-refractivity contribution in [2.75, 3.05) is 39.5 Å². The third-order valence-electron chi connectivity index (χ3n) is 12.2. The van der Waals surface area contributed by atoms with Crippen molar-refractivity contribution in [3.05, 3.63) is 104 Å². The number of aliphatic hydroxyl groups is 1. The molecule has 5 aromatic rings. The number of aryl methyl sites for hydroxylation is 3. The van der Waals surface area contributed by atoms with Crippen LogP contribution in [0.5, 0.6) is 0 Å². The molecule has 1 saturated heterocycles. The molecule has 2 aliphatic heterocycles. The Morgan fingerprint density at radius 3 is 2.28 bits per heavy atom. The molecular weight excluding hydrogens is 926 g/mol. The van der Waals surface area contributed by atoms with Crippen molar-refractivity contribution in [3.63, 3.8) is 0 Å². The molecule has 5 heterocycles. The van der Waals surface area contributed by atoms with E-state index in [9.17, 15) is 24.3 Å². The van der Waals surface area contributed by atoms with Crippen LogP contribution in [-0.4, -0.2) is 117 Å². The molecule has 68 heavy (non-hydrogen) atoms. The highest BCUT2D eigenvalue weighted by molar-refractivity contribution is 7.15. The van der Waals surface area contributed by atoms with Crippen LogP contribution in [0, 0.1) is 33.1 Å². The van der Waals surface area contributed by atoms with E-state index in [1.807, 2.05) is 100 Å². The number of benzene rings is 2. The van der Waals surface area contributed by atoms with Gasteiger partial charge >= 0.3 is 0 Å². The average molecular weight is 987 g/mol. The number of carbonyl (C=O) groups excluding carboxylic acids is 4. The number of likely N-dealkylation sites (tertiary alicyclic amines) is 1. The van der Waals surface area contributed by atoms with Gasteiger partial charge in [0.1, 0.15) is 29.0 Å². The molecule has 3 aromatic heterocycles. The maximum absolute atomic E-state index is 14.1. The molecule has 5 atom stereocenters. The van der Waals surface area contributed by atoms with Crippen LogP contribution < -0.4 is 16.0 Å². The quantitative estimate of drug-likeness (QED) is 0.0700. The Morgan fingerprint density at radius 1 is 0.912 bits per heavy atom. The summed E-state index contributed by atoms with van der Waals surface area (Å²) in [4.78, 5) is 67.3. The van der Waals surface area contributed by atoms with Gasteiger partial charge in [-0.05, 0) is 68.9 Å². The van der Waals surface area contributed by atoms with E-state index in [1.54, 1.807) is 22.7 Å². The summed E-state index contributed by atoms with van der Waals surface area (Å²) in [5, 5.41) is 29.9. The summed E-state index contributed by atoms with van der Waals surface area (Å²) < 4.78 is 13.4. The van der Waals surface area contributed by atoms with Crippen molar-refractivity contribution >= 4 is 63.6 Å². The molecule has 2 aliphatic rings. The van der Waals surface area contributed by atoms with Gasteiger partial charge in [0.05, 0.1) is 66.8 Å². The number of halogens is 1. The second-order valence-electron chi connectivity index (χ2n) is 18.3. The minimum atomic E-state index is -0.959. The van der Waals surface area contributed by atoms with Gasteiger partial charge in [-0.3, -0.25) is 28.7 Å². The number of aromatic nitrogens is 4. The Balaban J connectivity index is 0.840. The maximum atomic E-state index is 14.1. The maximum Gasteiger partial charge on any atom is 0.246 e. The Labute approximate surface area is 409 Å². The SMILES string of the molecule is Cc1ncsc1-c1ccc([C@H](C)NC(=O)[C@@H]2C[C@@H](O)CN2C(=O)[C@@H](NC(=O)CCOCCOCCNC(=O)C[C@@H]2N=C(c3ccc(Cl)cc3)c3c(sc(C)c3C)-n3c(C)nnc32)C(C)(C)C)cc1. The van der Waals surface area contributed by atoms with Gasteiger partial charge < -0.3 is 35.4 Å². The topological polar surface area (TPSA) is 202 Å². The van der Waals surface area contributed by atoms with Crippen molar-refractivity contribution in [2.45, 2.75) is 105 Å². The highest BCUT2D eigenvalue weighted by Crippen LogP contribution is 2.40. The van der Waals surface area contributed by atoms with Gasteiger partial charge in [0.2, 0.25) is 23.6 Å². The zero-order valence-electron chi connectivity index (χ0n) is 39.7. The van der Waals surface area contributed by atoms with Gasteiger partial charge in [-0.25, -0.2) is 4.98 Å². The van der Waals surface area contributed by atoms with E-state index in [-0.39, 0.29) is 82.5 Å². The number of hydrogen-bond acceptors (Lipinski definition) is 13. The number of thiazole rings is 1. The predicted octanol–water partition coefficient (Wildman–Crippen LogP) is 6.53. The molecule has 2 aromatic carbocycles. The summed E-state index contributed by atoms with van der Waals surface area (Å²) in [6, 6.07) is 12.6. The third-order valence-corrected chi connectivity index (χ3v) is 14.6. The van der Waals surface area contributed by atoms with E-state index >= 15 is 0 Å². The first-order chi connectivity index (χ1) is 32.4. The van der Waals surface area contributed by atoms with E-state index in [0.29, 0.717) is 16.7 Å². The molecule has 19 heteroatoms. The molecule has 7 rings (SSSR count). The Kier molecular flexibility index (Phi) is 16.3. The standard InChI is InChI=1S/C49H60ClN9O7S2/c1-27-30(4)68-48-41(27)42(33-13-15-35(50)16-14-33)54-37(45-57-56-31(5)59(45)48)24-40(62)51-18-20-66-22-21-65-19-17-39(61)55-44(49(6,7)8)47(64)58-25-36(60)23-38(58)46(63)53-28(2)32-9-11-34(12-10-32)43-29(3)52-26-67-43/h9-16,26,28,36-38,44,60H,17-25H2,1-8H3,(H,51,62)(H,53,63)(H,55,61)/t28-,36+,37-,38-,44+/m0/s1. The third kappa shape index (κ3) is 11.7. The fourth-order valence-corrected chi connectivity index (χ4v) is 10.5. The van der Waals surface area contributed by atoms with Crippen molar-refractivity contribution < 1.29 is 33.8 Å². The molecular formula is C49H60ClN9O7S2. The fraction of sp³-hybridized carbons (Fsp3) is 0.469. The van der Waals surface area contributed by atoms with Crippen LogP contribution in [-0.2, 0) is 28.7 Å². The van der Waals surface area contributed by atoms with Gasteiger partial charge in [0.15, 0.2) is 5.82 Å². The molecule has 1 fully saturated rings. The zero-order valence-corrected chi connectivity index (χ0v) is 42.1. The van der Waals surface area contributed by atoms with Crippen LogP contribution in [0.15, 0.2) is 59.0 Å². The molecule has 4 N–H and O–H groups in total. The highest BCUT2D eigenvalue weighted by atomic mass is 35.5. The number of aliphatic hydroxyl groups excluding tert-OH is 1. The number of nitrogens with one attached hydrogen (secondary N) is 3. The Bertz CT molecular complexity index is 2640. The number of fused-ring (bicyclic) bond motifs is 3. The molecule has 362 valence electrons. The lowest BCUT2D eigenvalue weighted by molar-refractivity contribution is -0.144. The number of rotatable bonds is 18. The second kappa shape index (κ2) is 21.9. The van der Waals surface area contributed by atoms with E-state index in [4.69, 9.17) is 26.1 Å². The van der Waals surface area contributed by atoms with Crippen molar-refractivity contribution in [2.24, 2.45) is 10.4 Å². The first-order valence-corrected chi connectivity index (χ1v) is 24.9. The number of thiophene rings is 1. The fourth-order valence-electron chi connectivity index (χ4n) is 8.38. The number of carbonyl (C=O) groups is 4. The molecule has 0 radical (unpaired) electrons. The smallest absolute Gasteiger partial charge is 0.246 e. The predicted molar refractivity (Wildman–Crippen MR) is 264 cm³/mol. The number of ether oxygens (including phenoxy) is 2. The van der Waals surface area contributed by atoms with Gasteiger partial charge in [-0.2, -0.15) is 0 Å². The molecule has 0 spiro atoms. The van der Waals surface area contributed by atoms with E-state index in [2.05, 4.69) is 45.0 Å². The van der Waals surface area contributed by atoms with Gasteiger partial charge in [0, 0.05) is 47.0 Å². The summed E-state index contributed by atoms with van der Waals surface area (Å²) in [5.41, 5.74) is 7.77. The first kappa shape index (κ1) is 50.5. The number of aliphatic imine (C=N–C) groups is 1. The van der Waals surface area contributed by atoms with Crippen LogP contribution in [0.25, 0.3) is 15.4 Å². The molecule has 0 aliphatic carbocycles. The average Bonchev–Trinajstić information content (AvgIpc) is 4.07. The molecule has 4 amide bonds. The monoisotopic (exact) mass is 985 g/mol. The molecule has 16 nitrogen and oxygen atoms in total. The molecule has 0 unspecified atom stereocenters. The number of hydrogen-bond donors (Lipinski definition) is 4. The first-order valence-electron chi connectivity index (χ1n) is 22.8. The van der Waals surface area contributed by atoms with Crippen LogP contribution in [0.4, 0.5) is 0 Å². The molecule has 0 bridgehead atoms. The van der Waals surface area contributed by atoms with E-state index in [1.165, 1.54) is 4.90 Å². The zero-order chi connectivity index (χ0) is 48.9. The van der Waals surface area contributed by atoms with E-state index in [0.717, 1.165) is 54.0 Å². The van der Waals surface area contributed by atoms with Gasteiger partial charge in [0.25, 0.3) is 0 Å². The Hall–Kier alpha value is -5.37. The van der Waals surface area contributed by atoms with Crippen LogP contribution in [0.1, 0.15) is 104 Å². The van der Waals surface area contributed by atoms with Crippen molar-refractivity contribution in [1.29, 1.82) is 0 Å². The van der Waals surface area contributed by atoms with Gasteiger partial charge in [-0.15, -0.1) is 32.9 Å². The van der Waals surface area contributed by atoms with Crippen molar-refractivity contribution in [3.8, 4) is 15.4 Å². The van der Waals surface area contributed by atoms with Gasteiger partial charge in [-0.1, -0.05) is 68.8 Å². The minimum Gasteiger partial charge on any atom is -0.391 e. The molecule has 0 saturated carbocycles. The Morgan fingerprint density at radius 2 is 1.60 bits per heavy atom. The van der Waals surface area contributed by atoms with Crippen LogP contribution >= 0.6 is 34.3 Å². The van der Waals surface area contributed by atoms with E-state index < -0.39 is 35.6 Å². The highest BCUT2D eigenvalue weighted by Gasteiger charge is 2.45. The summed E-state index contributed by atoms with van der Waals surface area (Å²) >= 11 is 9.45. The second-order valence-corrected chi connectivity index (χ2v) is 20.8. The van der Waals surface area contributed by atoms with Crippen LogP contribution in [0.2, 0.25) is 5.02 Å². The summed E-state index contributed by atoms with van der Waals surface area (Å²) in [7, 11) is 0. The van der Waals surface area contributed by atoms with Crippen molar-refractivity contribution in [1.82, 2.24) is 40.6 Å². The normalized spacial score (nSPS) is 17.7. The number of nitrogens with zero attached hydrogens (tertiary/aromatic N) is 6. The summed E-state index contributed by atoms with van der Waals surface area (Å²) in [6.45, 7) is 16.4. The largest absolute Gasteiger partial charge is 0.391 e. The van der Waals surface area contributed by atoms with Crippen LogP contribution in [0.3, 0.4) is 0 Å². The summed E-state index contributed by atoms with van der Waals surface area (Å²) in [5.74, 6) is -0.111. The lowest BCUT2D eigenvalue weighted by Gasteiger charge is -2.35. The lowest BCUT2D eigenvalue weighted by atomic mass is 9.85.